The Balaban J connectivity index is 1.41. The Labute approximate surface area is 191 Å². The highest BCUT2D eigenvalue weighted by molar-refractivity contribution is 5.64. The molecule has 1 saturated carbocycles. The molecule has 0 aromatic heterocycles. The highest BCUT2D eigenvalue weighted by Gasteiger charge is 2.19. The van der Waals surface area contributed by atoms with Gasteiger partial charge in [-0.05, 0) is 66.8 Å². The topological polar surface area (TPSA) is 0 Å². The van der Waals surface area contributed by atoms with E-state index in [1.54, 1.807) is 0 Å². The summed E-state index contributed by atoms with van der Waals surface area (Å²) in [6, 6.07) is 17.8. The largest absolute Gasteiger partial charge is 0.0945 e. The number of benzene rings is 2. The first kappa shape index (κ1) is 23.7. The molecule has 1 aliphatic rings. The van der Waals surface area contributed by atoms with Crippen molar-refractivity contribution in [3.05, 3.63) is 59.7 Å². The SMILES string of the molecule is CCCCCCCC[C@H]1CC[C@H](C#Cc2ccc(-c3ccc(CCC)cc3)cc2)CC1. The molecule has 0 aliphatic heterocycles. The van der Waals surface area contributed by atoms with E-state index in [2.05, 4.69) is 74.2 Å². The van der Waals surface area contributed by atoms with Gasteiger partial charge in [-0.3, -0.25) is 0 Å². The second-order valence-corrected chi connectivity index (χ2v) is 9.57. The van der Waals surface area contributed by atoms with Crippen LogP contribution in [-0.4, -0.2) is 0 Å². The third-order valence-corrected chi connectivity index (χ3v) is 6.94. The average Bonchev–Trinajstić information content (AvgIpc) is 2.82. The van der Waals surface area contributed by atoms with Gasteiger partial charge in [0.15, 0.2) is 0 Å². The van der Waals surface area contributed by atoms with E-state index >= 15 is 0 Å². The van der Waals surface area contributed by atoms with E-state index < -0.39 is 0 Å². The summed E-state index contributed by atoms with van der Waals surface area (Å²) in [7, 11) is 0. The van der Waals surface area contributed by atoms with Crippen molar-refractivity contribution >= 4 is 0 Å². The second kappa shape index (κ2) is 13.4. The molecular formula is C31H42. The summed E-state index contributed by atoms with van der Waals surface area (Å²) in [5.41, 5.74) is 5.16. The van der Waals surface area contributed by atoms with Crippen molar-refractivity contribution in [1.29, 1.82) is 0 Å². The van der Waals surface area contributed by atoms with E-state index in [4.69, 9.17) is 0 Å². The van der Waals surface area contributed by atoms with Crippen LogP contribution in [0.5, 0.6) is 0 Å². The zero-order valence-electron chi connectivity index (χ0n) is 20.0. The monoisotopic (exact) mass is 414 g/mol. The summed E-state index contributed by atoms with van der Waals surface area (Å²) < 4.78 is 0. The fourth-order valence-corrected chi connectivity index (χ4v) is 4.89. The molecule has 0 spiro atoms. The Hall–Kier alpha value is -2.00. The first-order chi connectivity index (χ1) is 15.3. The molecule has 2 aromatic carbocycles. The van der Waals surface area contributed by atoms with Gasteiger partial charge in [-0.2, -0.15) is 0 Å². The van der Waals surface area contributed by atoms with Crippen LogP contribution in [0.2, 0.25) is 0 Å². The molecule has 31 heavy (non-hydrogen) atoms. The number of rotatable bonds is 10. The third kappa shape index (κ3) is 8.22. The number of aryl methyl sites for hydroxylation is 1. The van der Waals surface area contributed by atoms with Gasteiger partial charge in [0.2, 0.25) is 0 Å². The van der Waals surface area contributed by atoms with Crippen molar-refractivity contribution < 1.29 is 0 Å². The lowest BCUT2D eigenvalue weighted by molar-refractivity contribution is 0.293. The van der Waals surface area contributed by atoms with Crippen LogP contribution in [0.3, 0.4) is 0 Å². The summed E-state index contributed by atoms with van der Waals surface area (Å²) in [4.78, 5) is 0. The van der Waals surface area contributed by atoms with Crippen molar-refractivity contribution in [2.24, 2.45) is 11.8 Å². The minimum Gasteiger partial charge on any atom is -0.0945 e. The Morgan fingerprint density at radius 1 is 0.677 bits per heavy atom. The first-order valence-corrected chi connectivity index (χ1v) is 13.0. The van der Waals surface area contributed by atoms with Crippen LogP contribution in [0.25, 0.3) is 11.1 Å². The van der Waals surface area contributed by atoms with Gasteiger partial charge in [0.25, 0.3) is 0 Å². The third-order valence-electron chi connectivity index (χ3n) is 6.94. The van der Waals surface area contributed by atoms with Crippen LogP contribution in [-0.2, 0) is 6.42 Å². The lowest BCUT2D eigenvalue weighted by Crippen LogP contribution is -2.13. The molecule has 2 aromatic rings. The lowest BCUT2D eigenvalue weighted by Gasteiger charge is -2.25. The molecule has 1 aliphatic carbocycles. The van der Waals surface area contributed by atoms with Crippen LogP contribution in [0.15, 0.2) is 48.5 Å². The van der Waals surface area contributed by atoms with Crippen LogP contribution in [0, 0.1) is 23.7 Å². The maximum atomic E-state index is 3.58. The smallest absolute Gasteiger partial charge is 0.0245 e. The zero-order valence-corrected chi connectivity index (χ0v) is 20.0. The van der Waals surface area contributed by atoms with Gasteiger partial charge < -0.3 is 0 Å². The number of unbranched alkanes of at least 4 members (excludes halogenated alkanes) is 5. The summed E-state index contributed by atoms with van der Waals surface area (Å²) in [5.74, 6) is 8.60. The fourth-order valence-electron chi connectivity index (χ4n) is 4.89. The lowest BCUT2D eigenvalue weighted by atomic mass is 9.80. The van der Waals surface area contributed by atoms with Crippen LogP contribution < -0.4 is 0 Å². The van der Waals surface area contributed by atoms with E-state index in [0.717, 1.165) is 17.9 Å². The first-order valence-electron chi connectivity index (χ1n) is 13.0. The highest BCUT2D eigenvalue weighted by Crippen LogP contribution is 2.32. The Morgan fingerprint density at radius 3 is 1.94 bits per heavy atom. The molecule has 0 unspecified atom stereocenters. The molecular weight excluding hydrogens is 372 g/mol. The molecule has 0 radical (unpaired) electrons. The number of hydrogen-bond donors (Lipinski definition) is 0. The van der Waals surface area contributed by atoms with Crippen molar-refractivity contribution in [3.8, 4) is 23.0 Å². The van der Waals surface area contributed by atoms with Gasteiger partial charge in [-0.1, -0.05) is 113 Å². The standard InChI is InChI=1S/C31H42/c1-3-5-6-7-8-9-11-27-12-14-28(15-13-27)16-17-29-20-24-31(25-21-29)30-22-18-26(10-4-2)19-23-30/h18-25,27-28H,3-15H2,1-2H3/t27-,28-. The van der Waals surface area contributed by atoms with E-state index in [-0.39, 0.29) is 0 Å². The Bertz CT molecular complexity index is 792. The van der Waals surface area contributed by atoms with Gasteiger partial charge >= 0.3 is 0 Å². The number of hydrogen-bond acceptors (Lipinski definition) is 0. The van der Waals surface area contributed by atoms with Crippen molar-refractivity contribution in [2.75, 3.05) is 0 Å². The Kier molecular flexibility index (Phi) is 10.2. The van der Waals surface area contributed by atoms with E-state index in [1.807, 2.05) is 0 Å². The second-order valence-electron chi connectivity index (χ2n) is 9.57. The van der Waals surface area contributed by atoms with Gasteiger partial charge in [0.1, 0.15) is 0 Å². The minimum absolute atomic E-state index is 0.603. The molecule has 0 nitrogen and oxygen atoms in total. The van der Waals surface area contributed by atoms with E-state index in [9.17, 15) is 0 Å². The maximum absolute atomic E-state index is 3.58. The van der Waals surface area contributed by atoms with Gasteiger partial charge in [0.05, 0.1) is 0 Å². The molecule has 0 atom stereocenters. The molecule has 0 heterocycles. The normalized spacial score (nSPS) is 18.4. The molecule has 0 N–H and O–H groups in total. The summed E-state index contributed by atoms with van der Waals surface area (Å²) in [6.07, 6.45) is 17.7. The van der Waals surface area contributed by atoms with Crippen molar-refractivity contribution in [3.63, 3.8) is 0 Å². The van der Waals surface area contributed by atoms with Crippen LogP contribution in [0.1, 0.15) is 102 Å². The predicted molar refractivity (Wildman–Crippen MR) is 136 cm³/mol. The van der Waals surface area contributed by atoms with Crippen LogP contribution >= 0.6 is 0 Å². The molecule has 166 valence electrons. The van der Waals surface area contributed by atoms with Gasteiger partial charge in [-0.15, -0.1) is 0 Å². The zero-order chi connectivity index (χ0) is 21.7. The van der Waals surface area contributed by atoms with Gasteiger partial charge in [0, 0.05) is 11.5 Å². The summed E-state index contributed by atoms with van der Waals surface area (Å²) >= 11 is 0. The molecule has 0 amide bonds. The summed E-state index contributed by atoms with van der Waals surface area (Å²) in [5, 5.41) is 0. The maximum Gasteiger partial charge on any atom is 0.0245 e. The predicted octanol–water partition coefficient (Wildman–Crippen LogP) is 9.21. The Morgan fingerprint density at radius 2 is 1.29 bits per heavy atom. The fraction of sp³-hybridized carbons (Fsp3) is 0.548. The van der Waals surface area contributed by atoms with Crippen LogP contribution in [0.4, 0.5) is 0 Å². The summed E-state index contributed by atoms with van der Waals surface area (Å²) in [6.45, 7) is 4.53. The quantitative estimate of drug-likeness (QED) is 0.268. The molecule has 0 heteroatoms. The van der Waals surface area contributed by atoms with Gasteiger partial charge in [-0.25, -0.2) is 0 Å². The minimum atomic E-state index is 0.603. The highest BCUT2D eigenvalue weighted by atomic mass is 14.2. The molecule has 0 bridgehead atoms. The molecule has 3 rings (SSSR count). The average molecular weight is 415 g/mol. The van der Waals surface area contributed by atoms with E-state index in [1.165, 1.54) is 93.7 Å². The molecule has 1 fully saturated rings. The van der Waals surface area contributed by atoms with Crippen molar-refractivity contribution in [1.82, 2.24) is 0 Å². The van der Waals surface area contributed by atoms with Crippen molar-refractivity contribution in [2.45, 2.75) is 97.3 Å². The van der Waals surface area contributed by atoms with E-state index in [0.29, 0.717) is 5.92 Å². The molecule has 0 saturated heterocycles.